The Morgan fingerprint density at radius 2 is 1.97 bits per heavy atom. The molecule has 0 amide bonds. The second-order valence-electron chi connectivity index (χ2n) is 7.16. The molecule has 0 radical (unpaired) electrons. The third kappa shape index (κ3) is 3.62. The first-order chi connectivity index (χ1) is 15.6. The molecule has 160 valence electrons. The molecule has 2 aromatic carbocycles. The lowest BCUT2D eigenvalue weighted by Crippen LogP contribution is -2.21. The zero-order valence-electron chi connectivity index (χ0n) is 17.5. The summed E-state index contributed by atoms with van der Waals surface area (Å²) in [6, 6.07) is 15.1. The third-order valence-corrected chi connectivity index (χ3v) is 4.87. The highest BCUT2D eigenvalue weighted by Crippen LogP contribution is 2.18. The minimum absolute atomic E-state index is 0.0799. The number of aryl methyl sites for hydroxylation is 1. The van der Waals surface area contributed by atoms with Gasteiger partial charge >= 0.3 is 0 Å². The van der Waals surface area contributed by atoms with Gasteiger partial charge in [-0.15, -0.1) is 5.10 Å². The highest BCUT2D eigenvalue weighted by molar-refractivity contribution is 5.70. The second-order valence-corrected chi connectivity index (χ2v) is 7.16. The predicted molar refractivity (Wildman–Crippen MR) is 116 cm³/mol. The molecule has 10 heteroatoms. The largest absolute Gasteiger partial charge is 0.494 e. The summed E-state index contributed by atoms with van der Waals surface area (Å²) in [7, 11) is 0. The van der Waals surface area contributed by atoms with E-state index >= 15 is 0 Å². The van der Waals surface area contributed by atoms with E-state index in [-0.39, 0.29) is 17.6 Å². The van der Waals surface area contributed by atoms with Crippen molar-refractivity contribution in [3.8, 4) is 22.8 Å². The van der Waals surface area contributed by atoms with Gasteiger partial charge in [0.25, 0.3) is 5.56 Å². The van der Waals surface area contributed by atoms with Crippen molar-refractivity contribution >= 4 is 11.2 Å². The Kier molecular flexibility index (Phi) is 4.94. The lowest BCUT2D eigenvalue weighted by Gasteiger charge is -2.05. The highest BCUT2D eigenvalue weighted by atomic mass is 16.5. The average Bonchev–Trinajstić information content (AvgIpc) is 3.44. The number of rotatable bonds is 6. The lowest BCUT2D eigenvalue weighted by molar-refractivity contribution is 0.340. The van der Waals surface area contributed by atoms with Crippen molar-refractivity contribution in [1.82, 2.24) is 34.7 Å². The molecular weight excluding hydrogens is 410 g/mol. The van der Waals surface area contributed by atoms with E-state index in [1.807, 2.05) is 62.4 Å². The van der Waals surface area contributed by atoms with Crippen LogP contribution in [-0.4, -0.2) is 41.3 Å². The fraction of sp³-hybridized carbons (Fsp3) is 0.182. The quantitative estimate of drug-likeness (QED) is 0.405. The maximum Gasteiger partial charge on any atom is 0.284 e. The Balaban J connectivity index is 1.43. The SMILES string of the molecule is CCOc1ccc(-n2nnc3c(=O)n(Cc4nc(-c5cccc(C)c5)no4)cnc32)cc1. The molecule has 0 bridgehead atoms. The molecule has 3 aromatic heterocycles. The van der Waals surface area contributed by atoms with Gasteiger partial charge in [-0.2, -0.15) is 9.67 Å². The molecule has 0 saturated carbocycles. The topological polar surface area (TPSA) is 114 Å². The monoisotopic (exact) mass is 429 g/mol. The standard InChI is InChI=1S/C22H19N7O3/c1-3-31-17-9-7-16(8-10-17)29-21-19(25-27-29)22(30)28(13-23-21)12-18-24-20(26-32-18)15-6-4-5-14(2)11-15/h4-11,13H,3,12H2,1-2H3. The van der Waals surface area contributed by atoms with Gasteiger partial charge in [-0.25, -0.2) is 4.98 Å². The molecule has 10 nitrogen and oxygen atoms in total. The van der Waals surface area contributed by atoms with Crippen LogP contribution in [0.4, 0.5) is 0 Å². The molecule has 0 N–H and O–H groups in total. The van der Waals surface area contributed by atoms with E-state index in [1.165, 1.54) is 15.6 Å². The maximum atomic E-state index is 12.9. The Bertz CT molecular complexity index is 1450. The van der Waals surface area contributed by atoms with Gasteiger partial charge in [0, 0.05) is 5.56 Å². The van der Waals surface area contributed by atoms with E-state index in [9.17, 15) is 4.79 Å². The van der Waals surface area contributed by atoms with E-state index in [2.05, 4.69) is 25.4 Å². The Labute approximate surface area is 182 Å². The highest BCUT2D eigenvalue weighted by Gasteiger charge is 2.16. The fourth-order valence-corrected chi connectivity index (χ4v) is 3.35. The van der Waals surface area contributed by atoms with Crippen LogP contribution in [0.1, 0.15) is 18.4 Å². The molecule has 3 heterocycles. The maximum absolute atomic E-state index is 12.9. The summed E-state index contributed by atoms with van der Waals surface area (Å²) < 4.78 is 13.7. The number of benzene rings is 2. The van der Waals surface area contributed by atoms with E-state index in [1.54, 1.807) is 0 Å². The first-order valence-corrected chi connectivity index (χ1v) is 10.1. The first-order valence-electron chi connectivity index (χ1n) is 10.1. The predicted octanol–water partition coefficient (Wildman–Crippen LogP) is 2.78. The number of hydrogen-bond donors (Lipinski definition) is 0. The molecule has 0 atom stereocenters. The van der Waals surface area contributed by atoms with E-state index in [4.69, 9.17) is 9.26 Å². The van der Waals surface area contributed by atoms with Gasteiger partial charge in [-0.3, -0.25) is 9.36 Å². The summed E-state index contributed by atoms with van der Waals surface area (Å²) in [5.41, 5.74) is 2.83. The number of hydrogen-bond acceptors (Lipinski definition) is 8. The Hall–Kier alpha value is -4.34. The summed E-state index contributed by atoms with van der Waals surface area (Å²) in [4.78, 5) is 21.7. The number of nitrogens with zero attached hydrogens (tertiary/aromatic N) is 7. The van der Waals surface area contributed by atoms with Crippen molar-refractivity contribution in [3.63, 3.8) is 0 Å². The van der Waals surface area contributed by atoms with Crippen LogP contribution in [0.15, 0.2) is 64.2 Å². The minimum Gasteiger partial charge on any atom is -0.494 e. The molecular formula is C22H19N7O3. The summed E-state index contributed by atoms with van der Waals surface area (Å²) in [5, 5.41) is 12.2. The van der Waals surface area contributed by atoms with Crippen molar-refractivity contribution < 1.29 is 9.26 Å². The van der Waals surface area contributed by atoms with Gasteiger partial charge in [-0.05, 0) is 44.2 Å². The van der Waals surface area contributed by atoms with Crippen molar-refractivity contribution in [3.05, 3.63) is 76.7 Å². The smallest absolute Gasteiger partial charge is 0.284 e. The van der Waals surface area contributed by atoms with Crippen LogP contribution in [0.2, 0.25) is 0 Å². The van der Waals surface area contributed by atoms with Gasteiger partial charge < -0.3 is 9.26 Å². The summed E-state index contributed by atoms with van der Waals surface area (Å²) in [6.45, 7) is 4.58. The van der Waals surface area contributed by atoms with Crippen LogP contribution in [0.5, 0.6) is 5.75 Å². The Morgan fingerprint density at radius 1 is 1.12 bits per heavy atom. The van der Waals surface area contributed by atoms with Crippen molar-refractivity contribution in [2.45, 2.75) is 20.4 Å². The molecule has 0 spiro atoms. The van der Waals surface area contributed by atoms with Crippen molar-refractivity contribution in [2.24, 2.45) is 0 Å². The molecule has 32 heavy (non-hydrogen) atoms. The second kappa shape index (κ2) is 8.06. The molecule has 5 rings (SSSR count). The zero-order valence-corrected chi connectivity index (χ0v) is 17.5. The Morgan fingerprint density at radius 3 is 2.75 bits per heavy atom. The molecule has 0 saturated heterocycles. The molecule has 0 unspecified atom stereocenters. The van der Waals surface area contributed by atoms with Gasteiger partial charge in [0.1, 0.15) is 18.6 Å². The zero-order chi connectivity index (χ0) is 22.1. The molecule has 0 aliphatic heterocycles. The fourth-order valence-electron chi connectivity index (χ4n) is 3.35. The van der Waals surface area contributed by atoms with E-state index in [0.717, 1.165) is 22.6 Å². The van der Waals surface area contributed by atoms with Gasteiger partial charge in [-0.1, -0.05) is 34.1 Å². The van der Waals surface area contributed by atoms with Crippen LogP contribution < -0.4 is 10.3 Å². The van der Waals surface area contributed by atoms with E-state index < -0.39 is 0 Å². The lowest BCUT2D eigenvalue weighted by atomic mass is 10.1. The first kappa shape index (κ1) is 19.6. The molecule has 0 aliphatic rings. The molecule has 0 aliphatic carbocycles. The summed E-state index contributed by atoms with van der Waals surface area (Å²) in [6.07, 6.45) is 1.43. The van der Waals surface area contributed by atoms with Crippen LogP contribution in [-0.2, 0) is 6.54 Å². The molecule has 0 fully saturated rings. The number of aromatic nitrogens is 7. The average molecular weight is 429 g/mol. The van der Waals surface area contributed by atoms with E-state index in [0.29, 0.717) is 24.0 Å². The van der Waals surface area contributed by atoms with Crippen LogP contribution >= 0.6 is 0 Å². The van der Waals surface area contributed by atoms with Crippen LogP contribution in [0.25, 0.3) is 28.2 Å². The van der Waals surface area contributed by atoms with Crippen LogP contribution in [0, 0.1) is 6.92 Å². The third-order valence-electron chi connectivity index (χ3n) is 4.87. The summed E-state index contributed by atoms with van der Waals surface area (Å²) >= 11 is 0. The van der Waals surface area contributed by atoms with Gasteiger partial charge in [0.15, 0.2) is 11.2 Å². The normalized spacial score (nSPS) is 11.2. The summed E-state index contributed by atoms with van der Waals surface area (Å²) in [5.74, 6) is 1.51. The van der Waals surface area contributed by atoms with Gasteiger partial charge in [0.2, 0.25) is 11.7 Å². The van der Waals surface area contributed by atoms with Gasteiger partial charge in [0.05, 0.1) is 12.3 Å². The molecule has 5 aromatic rings. The number of ether oxygens (including phenoxy) is 1. The van der Waals surface area contributed by atoms with Crippen molar-refractivity contribution in [2.75, 3.05) is 6.61 Å². The van der Waals surface area contributed by atoms with Crippen molar-refractivity contribution in [1.29, 1.82) is 0 Å². The van der Waals surface area contributed by atoms with Crippen LogP contribution in [0.3, 0.4) is 0 Å². The number of fused-ring (bicyclic) bond motifs is 1. The minimum atomic E-state index is -0.345.